The molecule has 1 atom stereocenters. The number of nitrogens with zero attached hydrogens (tertiary/aromatic N) is 3. The van der Waals surface area contributed by atoms with E-state index >= 15 is 0 Å². The molecule has 1 heterocycles. The number of aromatic nitrogens is 1. The molecule has 0 saturated heterocycles. The lowest BCUT2D eigenvalue weighted by Crippen LogP contribution is -2.24. The average molecular weight is 203 g/mol. The summed E-state index contributed by atoms with van der Waals surface area (Å²) in [7, 11) is 2.04. The van der Waals surface area contributed by atoms with Crippen LogP contribution in [0.1, 0.15) is 18.9 Å². The SMILES string of the molecule is CCC(C#N)CN(C)Cc1ccncc1. The van der Waals surface area contributed by atoms with Gasteiger partial charge in [-0.1, -0.05) is 6.92 Å². The molecule has 1 aromatic heterocycles. The van der Waals surface area contributed by atoms with Gasteiger partial charge in [-0.15, -0.1) is 0 Å². The van der Waals surface area contributed by atoms with Gasteiger partial charge < -0.3 is 4.90 Å². The van der Waals surface area contributed by atoms with Crippen molar-refractivity contribution < 1.29 is 0 Å². The van der Waals surface area contributed by atoms with Gasteiger partial charge in [0.15, 0.2) is 0 Å². The Morgan fingerprint density at radius 1 is 1.47 bits per heavy atom. The largest absolute Gasteiger partial charge is 0.301 e. The molecule has 3 nitrogen and oxygen atoms in total. The quantitative estimate of drug-likeness (QED) is 0.735. The molecule has 0 amide bonds. The van der Waals surface area contributed by atoms with E-state index in [1.165, 1.54) is 5.56 Å². The highest BCUT2D eigenvalue weighted by Crippen LogP contribution is 2.06. The van der Waals surface area contributed by atoms with E-state index in [4.69, 9.17) is 5.26 Å². The Hall–Kier alpha value is -1.40. The standard InChI is InChI=1S/C12H17N3/c1-3-11(8-13)9-15(2)10-12-4-6-14-7-5-12/h4-7,11H,3,9-10H2,1-2H3. The Balaban J connectivity index is 2.43. The molecule has 0 aliphatic rings. The average Bonchev–Trinajstić information content (AvgIpc) is 2.27. The van der Waals surface area contributed by atoms with Crippen molar-refractivity contribution in [2.24, 2.45) is 5.92 Å². The second-order valence-corrected chi connectivity index (χ2v) is 3.79. The van der Waals surface area contributed by atoms with E-state index in [2.05, 4.69) is 16.0 Å². The number of nitriles is 1. The molecule has 80 valence electrons. The van der Waals surface area contributed by atoms with Gasteiger partial charge in [-0.3, -0.25) is 4.98 Å². The maximum atomic E-state index is 8.85. The molecular weight excluding hydrogens is 186 g/mol. The molecule has 0 aromatic carbocycles. The van der Waals surface area contributed by atoms with Crippen LogP contribution in [0.3, 0.4) is 0 Å². The Morgan fingerprint density at radius 3 is 2.67 bits per heavy atom. The van der Waals surface area contributed by atoms with Gasteiger partial charge in [0.1, 0.15) is 0 Å². The van der Waals surface area contributed by atoms with E-state index in [0.717, 1.165) is 19.5 Å². The van der Waals surface area contributed by atoms with Crippen molar-refractivity contribution in [3.63, 3.8) is 0 Å². The van der Waals surface area contributed by atoms with Gasteiger partial charge in [0.25, 0.3) is 0 Å². The van der Waals surface area contributed by atoms with Crippen molar-refractivity contribution in [1.82, 2.24) is 9.88 Å². The van der Waals surface area contributed by atoms with E-state index < -0.39 is 0 Å². The van der Waals surface area contributed by atoms with Gasteiger partial charge in [-0.05, 0) is 31.2 Å². The Bertz CT molecular complexity index is 315. The molecule has 0 aliphatic carbocycles. The third kappa shape index (κ3) is 4.09. The minimum atomic E-state index is 0.136. The first kappa shape index (κ1) is 11.7. The second-order valence-electron chi connectivity index (χ2n) is 3.79. The Kier molecular flexibility index (Phi) is 4.79. The van der Waals surface area contributed by atoms with E-state index in [0.29, 0.717) is 0 Å². The predicted molar refractivity (Wildman–Crippen MR) is 60.0 cm³/mol. The van der Waals surface area contributed by atoms with Crippen LogP contribution in [0.25, 0.3) is 0 Å². The molecule has 15 heavy (non-hydrogen) atoms. The minimum absolute atomic E-state index is 0.136. The molecule has 0 aliphatic heterocycles. The van der Waals surface area contributed by atoms with Crippen LogP contribution in [0.4, 0.5) is 0 Å². The lowest BCUT2D eigenvalue weighted by molar-refractivity contribution is 0.292. The van der Waals surface area contributed by atoms with Crippen molar-refractivity contribution in [3.05, 3.63) is 30.1 Å². The highest BCUT2D eigenvalue weighted by Gasteiger charge is 2.08. The summed E-state index contributed by atoms with van der Waals surface area (Å²) in [5.74, 6) is 0.136. The predicted octanol–water partition coefficient (Wildman–Crippen LogP) is 2.06. The fourth-order valence-electron chi connectivity index (χ4n) is 1.50. The van der Waals surface area contributed by atoms with E-state index in [9.17, 15) is 0 Å². The Labute approximate surface area is 91.4 Å². The number of rotatable bonds is 5. The highest BCUT2D eigenvalue weighted by molar-refractivity contribution is 5.09. The molecular formula is C12H17N3. The zero-order valence-electron chi connectivity index (χ0n) is 9.35. The normalized spacial score (nSPS) is 12.4. The van der Waals surface area contributed by atoms with Gasteiger partial charge in [-0.2, -0.15) is 5.26 Å². The summed E-state index contributed by atoms with van der Waals surface area (Å²) in [6, 6.07) is 6.32. The van der Waals surface area contributed by atoms with Crippen molar-refractivity contribution in [1.29, 1.82) is 5.26 Å². The van der Waals surface area contributed by atoms with Crippen LogP contribution in [0.15, 0.2) is 24.5 Å². The molecule has 1 rings (SSSR count). The lowest BCUT2D eigenvalue weighted by atomic mass is 10.1. The van der Waals surface area contributed by atoms with E-state index in [1.807, 2.05) is 26.1 Å². The summed E-state index contributed by atoms with van der Waals surface area (Å²) in [6.45, 7) is 3.75. The third-order valence-electron chi connectivity index (χ3n) is 2.41. The molecule has 0 spiro atoms. The molecule has 1 aromatic rings. The lowest BCUT2D eigenvalue weighted by Gasteiger charge is -2.18. The third-order valence-corrected chi connectivity index (χ3v) is 2.41. The minimum Gasteiger partial charge on any atom is -0.301 e. The first-order valence-corrected chi connectivity index (χ1v) is 5.23. The summed E-state index contributed by atoms with van der Waals surface area (Å²) in [5, 5.41) is 8.85. The maximum absolute atomic E-state index is 8.85. The van der Waals surface area contributed by atoms with Crippen LogP contribution in [-0.4, -0.2) is 23.5 Å². The number of pyridine rings is 1. The molecule has 0 N–H and O–H groups in total. The summed E-state index contributed by atoms with van der Waals surface area (Å²) in [4.78, 5) is 6.15. The van der Waals surface area contributed by atoms with Gasteiger partial charge in [0, 0.05) is 25.5 Å². The maximum Gasteiger partial charge on any atom is 0.0669 e. The molecule has 1 unspecified atom stereocenters. The Morgan fingerprint density at radius 2 is 2.13 bits per heavy atom. The van der Waals surface area contributed by atoms with Crippen molar-refractivity contribution in [2.45, 2.75) is 19.9 Å². The fraction of sp³-hybridized carbons (Fsp3) is 0.500. The first-order chi connectivity index (χ1) is 7.26. The summed E-state index contributed by atoms with van der Waals surface area (Å²) in [6.07, 6.45) is 4.51. The topological polar surface area (TPSA) is 39.9 Å². The van der Waals surface area contributed by atoms with Crippen LogP contribution in [0.5, 0.6) is 0 Å². The smallest absolute Gasteiger partial charge is 0.0669 e. The molecule has 3 heteroatoms. The zero-order valence-corrected chi connectivity index (χ0v) is 9.35. The number of hydrogen-bond donors (Lipinski definition) is 0. The molecule has 0 bridgehead atoms. The fourth-order valence-corrected chi connectivity index (χ4v) is 1.50. The van der Waals surface area contributed by atoms with Crippen LogP contribution in [0, 0.1) is 17.2 Å². The van der Waals surface area contributed by atoms with Gasteiger partial charge in [0.2, 0.25) is 0 Å². The summed E-state index contributed by atoms with van der Waals surface area (Å²) in [5.41, 5.74) is 1.24. The monoisotopic (exact) mass is 203 g/mol. The van der Waals surface area contributed by atoms with Crippen molar-refractivity contribution in [2.75, 3.05) is 13.6 Å². The first-order valence-electron chi connectivity index (χ1n) is 5.23. The van der Waals surface area contributed by atoms with Gasteiger partial charge in [-0.25, -0.2) is 0 Å². The van der Waals surface area contributed by atoms with Crippen LogP contribution in [-0.2, 0) is 6.54 Å². The van der Waals surface area contributed by atoms with Crippen molar-refractivity contribution in [3.8, 4) is 6.07 Å². The molecule has 0 saturated carbocycles. The summed E-state index contributed by atoms with van der Waals surface area (Å²) >= 11 is 0. The van der Waals surface area contributed by atoms with Crippen molar-refractivity contribution >= 4 is 0 Å². The van der Waals surface area contributed by atoms with Gasteiger partial charge >= 0.3 is 0 Å². The zero-order chi connectivity index (χ0) is 11.1. The van der Waals surface area contributed by atoms with Gasteiger partial charge in [0.05, 0.1) is 12.0 Å². The molecule has 0 radical (unpaired) electrons. The van der Waals surface area contributed by atoms with Crippen LogP contribution >= 0.6 is 0 Å². The highest BCUT2D eigenvalue weighted by atomic mass is 15.1. The van der Waals surface area contributed by atoms with E-state index in [-0.39, 0.29) is 5.92 Å². The summed E-state index contributed by atoms with van der Waals surface area (Å²) < 4.78 is 0. The van der Waals surface area contributed by atoms with Crippen LogP contribution in [0.2, 0.25) is 0 Å². The number of hydrogen-bond acceptors (Lipinski definition) is 3. The van der Waals surface area contributed by atoms with Crippen LogP contribution < -0.4 is 0 Å². The second kappa shape index (κ2) is 6.15. The van der Waals surface area contributed by atoms with E-state index in [1.54, 1.807) is 12.4 Å². The molecule has 0 fully saturated rings.